The Morgan fingerprint density at radius 1 is 1.09 bits per heavy atom. The molecular weight excluding hydrogens is 486 g/mol. The molecular formula is C20H20F6N6O3. The van der Waals surface area contributed by atoms with Crippen molar-refractivity contribution in [1.29, 1.82) is 0 Å². The van der Waals surface area contributed by atoms with Crippen molar-refractivity contribution < 1.29 is 40.7 Å². The van der Waals surface area contributed by atoms with Gasteiger partial charge in [0.05, 0.1) is 30.9 Å². The molecule has 1 fully saturated rings. The molecule has 0 bridgehead atoms. The summed E-state index contributed by atoms with van der Waals surface area (Å²) in [6.45, 7) is 2.25. The molecule has 2 heterocycles. The first-order valence-electron chi connectivity index (χ1n) is 10.1. The van der Waals surface area contributed by atoms with Crippen molar-refractivity contribution in [2.45, 2.75) is 12.4 Å². The van der Waals surface area contributed by atoms with Gasteiger partial charge in [-0.15, -0.1) is 5.10 Å². The van der Waals surface area contributed by atoms with Crippen LogP contribution in [0.4, 0.5) is 26.3 Å². The number of amides is 2. The molecule has 1 aromatic heterocycles. The molecule has 1 aliphatic rings. The molecule has 0 atom stereocenters. The number of benzene rings is 1. The first-order chi connectivity index (χ1) is 16.3. The van der Waals surface area contributed by atoms with E-state index in [-0.39, 0.29) is 18.5 Å². The predicted octanol–water partition coefficient (Wildman–Crippen LogP) is 2.28. The summed E-state index contributed by atoms with van der Waals surface area (Å²) in [5.41, 5.74) is -1.19. The maximum atomic E-state index is 13.1. The number of nitrogens with one attached hydrogen (secondary N) is 1. The second-order valence-electron chi connectivity index (χ2n) is 7.48. The molecule has 1 aliphatic heterocycles. The van der Waals surface area contributed by atoms with Gasteiger partial charge in [-0.2, -0.15) is 26.3 Å². The van der Waals surface area contributed by atoms with E-state index in [0.29, 0.717) is 38.4 Å². The number of ether oxygens (including phenoxy) is 1. The zero-order chi connectivity index (χ0) is 25.8. The average Bonchev–Trinajstić information content (AvgIpc) is 3.26. The first kappa shape index (κ1) is 26.2. The van der Waals surface area contributed by atoms with Crippen LogP contribution in [0.3, 0.4) is 0 Å². The van der Waals surface area contributed by atoms with Gasteiger partial charge in [-0.05, 0) is 18.2 Å². The van der Waals surface area contributed by atoms with Crippen LogP contribution in [0.5, 0.6) is 0 Å². The Balaban J connectivity index is 1.67. The molecule has 1 saturated heterocycles. The second kappa shape index (κ2) is 10.4. The minimum atomic E-state index is -5.01. The zero-order valence-corrected chi connectivity index (χ0v) is 18.2. The monoisotopic (exact) mass is 506 g/mol. The van der Waals surface area contributed by atoms with Gasteiger partial charge in [0.2, 0.25) is 0 Å². The standard InChI is InChI=1S/C20H20F6N6O3/c1-30(17(34)11-31-4-6-35-7-5-31)28-16(33)2-3-32-12-27-18(29-32)13-8-14(19(21,22)23)10-15(9-13)20(24,25)26/h2-3,8-10,12H,4-7,11H2,1H3,(H,28,33)/b3-2-. The largest absolute Gasteiger partial charge is 0.416 e. The maximum absolute atomic E-state index is 13.1. The lowest BCUT2D eigenvalue weighted by atomic mass is 10.0. The molecule has 0 radical (unpaired) electrons. The Hall–Kier alpha value is -3.46. The molecule has 9 nitrogen and oxygen atoms in total. The van der Waals surface area contributed by atoms with Gasteiger partial charge in [-0.1, -0.05) is 0 Å². The highest BCUT2D eigenvalue weighted by molar-refractivity contribution is 5.91. The third-order valence-electron chi connectivity index (χ3n) is 4.85. The van der Waals surface area contributed by atoms with Crippen LogP contribution in [-0.4, -0.2) is 76.4 Å². The summed E-state index contributed by atoms with van der Waals surface area (Å²) in [7, 11) is 1.36. The summed E-state index contributed by atoms with van der Waals surface area (Å²) < 4.78 is 84.4. The lowest BCUT2D eigenvalue weighted by Gasteiger charge is -2.27. The number of likely N-dealkylation sites (N-methyl/N-ethyl adjacent to an activating group) is 1. The number of rotatable bonds is 5. The van der Waals surface area contributed by atoms with Gasteiger partial charge in [0, 0.05) is 38.0 Å². The SMILES string of the molecule is CN(NC(=O)/C=C\n1cnc(-c2cc(C(F)(F)F)cc(C(F)(F)F)c2)n1)C(=O)CN1CCOCC1. The summed E-state index contributed by atoms with van der Waals surface area (Å²) in [5.74, 6) is -1.51. The molecule has 0 saturated carbocycles. The van der Waals surface area contributed by atoms with E-state index in [2.05, 4.69) is 15.5 Å². The molecule has 15 heteroatoms. The van der Waals surface area contributed by atoms with E-state index in [0.717, 1.165) is 28.3 Å². The van der Waals surface area contributed by atoms with Crippen LogP contribution < -0.4 is 5.43 Å². The highest BCUT2D eigenvalue weighted by Crippen LogP contribution is 2.38. The van der Waals surface area contributed by atoms with E-state index in [1.165, 1.54) is 7.05 Å². The number of alkyl halides is 6. The quantitative estimate of drug-likeness (QED) is 0.380. The van der Waals surface area contributed by atoms with Crippen LogP contribution in [0.25, 0.3) is 17.6 Å². The topological polar surface area (TPSA) is 92.6 Å². The van der Waals surface area contributed by atoms with Gasteiger partial charge in [-0.3, -0.25) is 24.9 Å². The third kappa shape index (κ3) is 7.26. The Bertz CT molecular complexity index is 1060. The van der Waals surface area contributed by atoms with Gasteiger partial charge in [0.1, 0.15) is 6.33 Å². The fourth-order valence-electron chi connectivity index (χ4n) is 3.03. The van der Waals surface area contributed by atoms with Crippen LogP contribution in [0.1, 0.15) is 11.1 Å². The number of hydrazine groups is 1. The van der Waals surface area contributed by atoms with Crippen molar-refractivity contribution in [2.24, 2.45) is 0 Å². The number of halogens is 6. The Labute approximate surface area is 194 Å². The van der Waals surface area contributed by atoms with Gasteiger partial charge < -0.3 is 4.74 Å². The maximum Gasteiger partial charge on any atom is 0.416 e. The smallest absolute Gasteiger partial charge is 0.379 e. The average molecular weight is 506 g/mol. The number of aromatic nitrogens is 3. The van der Waals surface area contributed by atoms with Crippen LogP contribution >= 0.6 is 0 Å². The van der Waals surface area contributed by atoms with Gasteiger partial charge in [-0.25, -0.2) is 9.67 Å². The van der Waals surface area contributed by atoms with E-state index >= 15 is 0 Å². The van der Waals surface area contributed by atoms with Gasteiger partial charge in [0.15, 0.2) is 5.82 Å². The Morgan fingerprint density at radius 2 is 1.69 bits per heavy atom. The van der Waals surface area contributed by atoms with Crippen molar-refractivity contribution in [3.63, 3.8) is 0 Å². The first-order valence-corrected chi connectivity index (χ1v) is 10.1. The minimum Gasteiger partial charge on any atom is -0.379 e. The number of morpholine rings is 1. The predicted molar refractivity (Wildman–Crippen MR) is 109 cm³/mol. The fraction of sp³-hybridized carbons (Fsp3) is 0.400. The van der Waals surface area contributed by atoms with Crippen LogP contribution in [0.2, 0.25) is 0 Å². The van der Waals surface area contributed by atoms with Crippen LogP contribution in [-0.2, 0) is 26.7 Å². The van der Waals surface area contributed by atoms with E-state index in [4.69, 9.17) is 4.74 Å². The van der Waals surface area contributed by atoms with E-state index in [1.807, 2.05) is 4.90 Å². The number of hydrogen-bond acceptors (Lipinski definition) is 6. The normalized spacial score (nSPS) is 15.4. The van der Waals surface area contributed by atoms with Crippen molar-refractivity contribution >= 4 is 18.0 Å². The van der Waals surface area contributed by atoms with Crippen molar-refractivity contribution in [3.05, 3.63) is 41.7 Å². The molecule has 3 rings (SSSR count). The Kier molecular flexibility index (Phi) is 7.80. The lowest BCUT2D eigenvalue weighted by molar-refractivity contribution is -0.143. The van der Waals surface area contributed by atoms with Gasteiger partial charge in [0.25, 0.3) is 11.8 Å². The molecule has 2 aromatic rings. The number of carbonyl (C=O) groups excluding carboxylic acids is 2. The Morgan fingerprint density at radius 3 is 2.26 bits per heavy atom. The third-order valence-corrected chi connectivity index (χ3v) is 4.85. The number of carbonyl (C=O) groups is 2. The van der Waals surface area contributed by atoms with Crippen LogP contribution in [0.15, 0.2) is 30.6 Å². The zero-order valence-electron chi connectivity index (χ0n) is 18.2. The highest BCUT2D eigenvalue weighted by atomic mass is 19.4. The molecule has 0 aliphatic carbocycles. The molecule has 0 unspecified atom stereocenters. The lowest BCUT2D eigenvalue weighted by Crippen LogP contribution is -2.49. The van der Waals surface area contributed by atoms with Crippen LogP contribution in [0, 0.1) is 0 Å². The summed E-state index contributed by atoms with van der Waals surface area (Å²) in [6, 6.07) is 1.00. The summed E-state index contributed by atoms with van der Waals surface area (Å²) >= 11 is 0. The van der Waals surface area contributed by atoms with E-state index in [1.54, 1.807) is 0 Å². The number of hydrogen-bond donors (Lipinski definition) is 1. The highest BCUT2D eigenvalue weighted by Gasteiger charge is 2.37. The molecule has 2 amide bonds. The minimum absolute atomic E-state index is 0.00157. The van der Waals surface area contributed by atoms with Gasteiger partial charge >= 0.3 is 12.4 Å². The summed E-state index contributed by atoms with van der Waals surface area (Å²) in [4.78, 5) is 29.8. The van der Waals surface area contributed by atoms with Crippen molar-refractivity contribution in [1.82, 2.24) is 30.1 Å². The molecule has 190 valence electrons. The molecule has 1 N–H and O–H groups in total. The second-order valence-corrected chi connectivity index (χ2v) is 7.48. The molecule has 35 heavy (non-hydrogen) atoms. The van der Waals surface area contributed by atoms with Crippen molar-refractivity contribution in [3.8, 4) is 11.4 Å². The molecule has 0 spiro atoms. The molecule has 1 aromatic carbocycles. The summed E-state index contributed by atoms with van der Waals surface area (Å²) in [5, 5.41) is 4.79. The van der Waals surface area contributed by atoms with Crippen molar-refractivity contribution in [2.75, 3.05) is 39.9 Å². The fourth-order valence-corrected chi connectivity index (χ4v) is 3.03. The summed E-state index contributed by atoms with van der Waals surface area (Å²) in [6.07, 6.45) is -6.99. The van der Waals surface area contributed by atoms with E-state index in [9.17, 15) is 35.9 Å². The van der Waals surface area contributed by atoms with E-state index < -0.39 is 40.8 Å². The number of nitrogens with zero attached hydrogens (tertiary/aromatic N) is 5.